The molecule has 1 aromatic heterocycles. The predicted octanol–water partition coefficient (Wildman–Crippen LogP) is 2.91. The zero-order valence-corrected chi connectivity index (χ0v) is 10.7. The van der Waals surface area contributed by atoms with E-state index in [0.717, 1.165) is 11.4 Å². The first kappa shape index (κ1) is 12.2. The second-order valence-electron chi connectivity index (χ2n) is 4.29. The summed E-state index contributed by atoms with van der Waals surface area (Å²) in [5.74, 6) is 0.469. The molecule has 0 aliphatic carbocycles. The van der Waals surface area contributed by atoms with Crippen molar-refractivity contribution in [3.05, 3.63) is 47.9 Å². The van der Waals surface area contributed by atoms with Crippen LogP contribution in [0.25, 0.3) is 0 Å². The Hall–Kier alpha value is -2.23. The lowest BCUT2D eigenvalue weighted by Gasteiger charge is -2.12. The van der Waals surface area contributed by atoms with Gasteiger partial charge in [0.25, 0.3) is 5.91 Å². The van der Waals surface area contributed by atoms with Crippen LogP contribution in [0.5, 0.6) is 0 Å². The van der Waals surface area contributed by atoms with Crippen molar-refractivity contribution in [2.45, 2.75) is 6.92 Å². The lowest BCUT2D eigenvalue weighted by atomic mass is 10.2. The topological polar surface area (TPSA) is 45.5 Å². The maximum Gasteiger partial charge on any atom is 0.259 e. The lowest BCUT2D eigenvalue weighted by Crippen LogP contribution is -2.12. The highest BCUT2D eigenvalue weighted by Gasteiger charge is 2.11. The van der Waals surface area contributed by atoms with Crippen LogP contribution in [0.15, 0.2) is 41.0 Å². The van der Waals surface area contributed by atoms with Crippen molar-refractivity contribution >= 4 is 17.3 Å². The summed E-state index contributed by atoms with van der Waals surface area (Å²) in [5, 5.41) is 2.83. The predicted molar refractivity (Wildman–Crippen MR) is 72.2 cm³/mol. The van der Waals surface area contributed by atoms with Crippen molar-refractivity contribution in [2.24, 2.45) is 0 Å². The molecule has 0 spiro atoms. The number of carbonyl (C=O) groups is 1. The second-order valence-corrected chi connectivity index (χ2v) is 4.29. The van der Waals surface area contributed by atoms with Crippen LogP contribution in [0, 0.1) is 6.92 Å². The highest BCUT2D eigenvalue weighted by Crippen LogP contribution is 2.17. The van der Waals surface area contributed by atoms with E-state index < -0.39 is 0 Å². The molecule has 94 valence electrons. The van der Waals surface area contributed by atoms with Gasteiger partial charge in [-0.2, -0.15) is 0 Å². The van der Waals surface area contributed by atoms with Gasteiger partial charge in [-0.3, -0.25) is 4.79 Å². The third-order valence-corrected chi connectivity index (χ3v) is 2.75. The monoisotopic (exact) mass is 244 g/mol. The fourth-order valence-corrected chi connectivity index (χ4v) is 1.66. The largest absolute Gasteiger partial charge is 0.469 e. The van der Waals surface area contributed by atoms with E-state index in [0.29, 0.717) is 11.3 Å². The molecule has 4 nitrogen and oxygen atoms in total. The number of furan rings is 1. The zero-order chi connectivity index (χ0) is 13.1. The van der Waals surface area contributed by atoms with Crippen molar-refractivity contribution in [2.75, 3.05) is 24.3 Å². The number of amides is 1. The summed E-state index contributed by atoms with van der Waals surface area (Å²) < 4.78 is 5.11. The normalized spacial score (nSPS) is 10.2. The molecule has 1 amide bonds. The van der Waals surface area contributed by atoms with Crippen molar-refractivity contribution in [3.63, 3.8) is 0 Å². The number of hydrogen-bond acceptors (Lipinski definition) is 3. The van der Waals surface area contributed by atoms with Gasteiger partial charge in [0.05, 0.1) is 11.8 Å². The molecule has 2 aromatic rings. The van der Waals surface area contributed by atoms with E-state index in [1.807, 2.05) is 43.3 Å². The number of aryl methyl sites for hydroxylation is 1. The highest BCUT2D eigenvalue weighted by atomic mass is 16.3. The average molecular weight is 244 g/mol. The van der Waals surface area contributed by atoms with Gasteiger partial charge in [-0.05, 0) is 37.3 Å². The number of benzene rings is 1. The SMILES string of the molecule is Cc1occc1C(=O)Nc1ccc(N(C)C)cc1. The molecule has 0 saturated carbocycles. The summed E-state index contributed by atoms with van der Waals surface area (Å²) in [4.78, 5) is 13.9. The third-order valence-electron chi connectivity index (χ3n) is 2.75. The number of nitrogens with one attached hydrogen (secondary N) is 1. The van der Waals surface area contributed by atoms with Gasteiger partial charge in [-0.1, -0.05) is 0 Å². The number of rotatable bonds is 3. The Morgan fingerprint density at radius 3 is 2.33 bits per heavy atom. The van der Waals surface area contributed by atoms with Crippen LogP contribution in [0.1, 0.15) is 16.1 Å². The molecule has 0 aliphatic heterocycles. The summed E-state index contributed by atoms with van der Waals surface area (Å²) in [5.41, 5.74) is 2.42. The van der Waals surface area contributed by atoms with Gasteiger partial charge >= 0.3 is 0 Å². The maximum atomic E-state index is 11.9. The van der Waals surface area contributed by atoms with Gasteiger partial charge in [-0.15, -0.1) is 0 Å². The standard InChI is InChI=1S/C14H16N2O2/c1-10-13(8-9-18-10)14(17)15-11-4-6-12(7-5-11)16(2)3/h4-9H,1-3H3,(H,15,17). The van der Waals surface area contributed by atoms with Crippen LogP contribution in [-0.4, -0.2) is 20.0 Å². The second kappa shape index (κ2) is 4.96. The first-order valence-electron chi connectivity index (χ1n) is 5.71. The zero-order valence-electron chi connectivity index (χ0n) is 10.7. The Labute approximate surface area is 106 Å². The minimum absolute atomic E-state index is 0.154. The minimum Gasteiger partial charge on any atom is -0.469 e. The molecule has 2 rings (SSSR count). The summed E-state index contributed by atoms with van der Waals surface area (Å²) in [7, 11) is 3.95. The molecule has 18 heavy (non-hydrogen) atoms. The molecule has 1 aromatic carbocycles. The first-order valence-corrected chi connectivity index (χ1v) is 5.71. The average Bonchev–Trinajstić information content (AvgIpc) is 2.76. The molecule has 0 bridgehead atoms. The minimum atomic E-state index is -0.154. The van der Waals surface area contributed by atoms with Crippen molar-refractivity contribution in [1.29, 1.82) is 0 Å². The van der Waals surface area contributed by atoms with Crippen LogP contribution >= 0.6 is 0 Å². The van der Waals surface area contributed by atoms with Gasteiger partial charge in [0.2, 0.25) is 0 Å². The Bertz CT molecular complexity index is 541. The Balaban J connectivity index is 2.10. The number of carbonyl (C=O) groups excluding carboxylic acids is 1. The Morgan fingerprint density at radius 1 is 1.17 bits per heavy atom. The van der Waals surface area contributed by atoms with E-state index in [-0.39, 0.29) is 5.91 Å². The fraction of sp³-hybridized carbons (Fsp3) is 0.214. The first-order chi connectivity index (χ1) is 8.58. The molecular formula is C14H16N2O2. The molecule has 0 fully saturated rings. The highest BCUT2D eigenvalue weighted by molar-refractivity contribution is 6.04. The third kappa shape index (κ3) is 2.53. The van der Waals surface area contributed by atoms with Crippen LogP contribution in [0.2, 0.25) is 0 Å². The summed E-state index contributed by atoms with van der Waals surface area (Å²) in [6.07, 6.45) is 1.51. The maximum absolute atomic E-state index is 11.9. The van der Waals surface area contributed by atoms with Gasteiger partial charge < -0.3 is 14.6 Å². The Kier molecular flexibility index (Phi) is 3.37. The van der Waals surface area contributed by atoms with E-state index in [9.17, 15) is 4.79 Å². The molecular weight excluding hydrogens is 228 g/mol. The molecule has 1 N–H and O–H groups in total. The van der Waals surface area contributed by atoms with Crippen LogP contribution in [-0.2, 0) is 0 Å². The smallest absolute Gasteiger partial charge is 0.259 e. The van der Waals surface area contributed by atoms with Gasteiger partial charge in [0, 0.05) is 25.5 Å². The van der Waals surface area contributed by atoms with Crippen LogP contribution < -0.4 is 10.2 Å². The van der Waals surface area contributed by atoms with Crippen LogP contribution in [0.3, 0.4) is 0 Å². The molecule has 0 saturated heterocycles. The molecule has 0 atom stereocenters. The summed E-state index contributed by atoms with van der Waals surface area (Å²) >= 11 is 0. The molecule has 0 radical (unpaired) electrons. The van der Waals surface area contributed by atoms with E-state index in [2.05, 4.69) is 5.32 Å². The van der Waals surface area contributed by atoms with E-state index in [4.69, 9.17) is 4.42 Å². The number of nitrogens with zero attached hydrogens (tertiary/aromatic N) is 1. The van der Waals surface area contributed by atoms with Crippen LogP contribution in [0.4, 0.5) is 11.4 Å². The van der Waals surface area contributed by atoms with Crippen molar-refractivity contribution < 1.29 is 9.21 Å². The lowest BCUT2D eigenvalue weighted by molar-refractivity contribution is 0.102. The fourth-order valence-electron chi connectivity index (χ4n) is 1.66. The van der Waals surface area contributed by atoms with E-state index >= 15 is 0 Å². The molecule has 4 heteroatoms. The number of hydrogen-bond donors (Lipinski definition) is 1. The summed E-state index contributed by atoms with van der Waals surface area (Å²) in [6.45, 7) is 1.77. The van der Waals surface area contributed by atoms with Gasteiger partial charge in [0.1, 0.15) is 5.76 Å². The molecule has 1 heterocycles. The Morgan fingerprint density at radius 2 is 1.83 bits per heavy atom. The molecule has 0 unspecified atom stereocenters. The van der Waals surface area contributed by atoms with Gasteiger partial charge in [-0.25, -0.2) is 0 Å². The molecule has 0 aliphatic rings. The van der Waals surface area contributed by atoms with E-state index in [1.54, 1.807) is 13.0 Å². The number of anilines is 2. The summed E-state index contributed by atoms with van der Waals surface area (Å²) in [6, 6.07) is 9.33. The van der Waals surface area contributed by atoms with Crippen molar-refractivity contribution in [3.8, 4) is 0 Å². The van der Waals surface area contributed by atoms with E-state index in [1.165, 1.54) is 6.26 Å². The quantitative estimate of drug-likeness (QED) is 0.903. The van der Waals surface area contributed by atoms with Crippen molar-refractivity contribution in [1.82, 2.24) is 0 Å². The van der Waals surface area contributed by atoms with Gasteiger partial charge in [0.15, 0.2) is 0 Å².